The number of nitrogens with one attached hydrogen (secondary N) is 1. The molecule has 2 aromatic heterocycles. The van der Waals surface area contributed by atoms with Crippen molar-refractivity contribution in [2.24, 2.45) is 0 Å². The zero-order chi connectivity index (χ0) is 21.8. The predicted molar refractivity (Wildman–Crippen MR) is 125 cm³/mol. The lowest BCUT2D eigenvalue weighted by Crippen LogP contribution is -2.14. The minimum absolute atomic E-state index is 0.165. The number of rotatable bonds is 7. The Morgan fingerprint density at radius 2 is 1.71 bits per heavy atom. The van der Waals surface area contributed by atoms with Crippen LogP contribution in [0.4, 0.5) is 5.82 Å². The van der Waals surface area contributed by atoms with Crippen LogP contribution in [0.15, 0.2) is 79.4 Å². The summed E-state index contributed by atoms with van der Waals surface area (Å²) in [6.07, 6.45) is 1.71. The maximum atomic E-state index is 11.2. The molecule has 1 atom stereocenters. The summed E-state index contributed by atoms with van der Waals surface area (Å²) >= 11 is 0. The number of hydrogen-bond donors (Lipinski definition) is 2. The molecular weight excluding hydrogens is 386 g/mol. The van der Waals surface area contributed by atoms with Crippen molar-refractivity contribution in [3.63, 3.8) is 0 Å². The molecule has 0 saturated carbocycles. The molecule has 31 heavy (non-hydrogen) atoms. The number of ether oxygens (including phenoxy) is 1. The molecule has 4 aromatic rings. The summed E-state index contributed by atoms with van der Waals surface area (Å²) in [4.78, 5) is 9.14. The summed E-state index contributed by atoms with van der Waals surface area (Å²) in [5.41, 5.74) is 4.06. The van der Waals surface area contributed by atoms with Crippen molar-refractivity contribution in [3.8, 4) is 11.5 Å². The number of phenols is 1. The molecule has 2 aromatic carbocycles. The highest BCUT2D eigenvalue weighted by Crippen LogP contribution is 2.37. The largest absolute Gasteiger partial charge is 0.505 e. The van der Waals surface area contributed by atoms with Gasteiger partial charge in [0.2, 0.25) is 0 Å². The standard InChI is InChI=1S/C26H25N3O2/c1-4-16-31-21-13-10-19(11-14-21)24(29-23-7-5-6-17(2)27-23)22-15-12-20-9-8-18(3)28-25(20)26(22)30/h4-15,24,30H,1,16H2,2-3H3,(H,27,29)/t24-/m0/s1. The number of nitrogens with zero attached hydrogens (tertiary/aromatic N) is 2. The molecule has 156 valence electrons. The van der Waals surface area contributed by atoms with E-state index in [9.17, 15) is 5.11 Å². The van der Waals surface area contributed by atoms with Crippen LogP contribution in [0.1, 0.15) is 28.6 Å². The van der Waals surface area contributed by atoms with Crippen molar-refractivity contribution in [2.75, 3.05) is 11.9 Å². The van der Waals surface area contributed by atoms with Gasteiger partial charge >= 0.3 is 0 Å². The van der Waals surface area contributed by atoms with Crippen LogP contribution in [0.25, 0.3) is 10.9 Å². The molecule has 2 heterocycles. The number of pyridine rings is 2. The van der Waals surface area contributed by atoms with Gasteiger partial charge in [0, 0.05) is 22.3 Å². The molecule has 0 aliphatic carbocycles. The molecule has 0 bridgehead atoms. The first-order chi connectivity index (χ1) is 15.0. The Kier molecular flexibility index (Phi) is 5.85. The first-order valence-electron chi connectivity index (χ1n) is 10.2. The van der Waals surface area contributed by atoms with Crippen LogP contribution in [0, 0.1) is 13.8 Å². The lowest BCUT2D eigenvalue weighted by atomic mass is 9.96. The van der Waals surface area contributed by atoms with Crippen molar-refractivity contribution in [1.82, 2.24) is 9.97 Å². The van der Waals surface area contributed by atoms with Crippen molar-refractivity contribution in [3.05, 3.63) is 102 Å². The van der Waals surface area contributed by atoms with Crippen molar-refractivity contribution < 1.29 is 9.84 Å². The van der Waals surface area contributed by atoms with E-state index in [2.05, 4.69) is 21.9 Å². The van der Waals surface area contributed by atoms with Gasteiger partial charge in [-0.15, -0.1) is 0 Å². The summed E-state index contributed by atoms with van der Waals surface area (Å²) in [6.45, 7) is 8.00. The Hall–Kier alpha value is -3.86. The second-order valence-corrected chi connectivity index (χ2v) is 7.44. The van der Waals surface area contributed by atoms with Crippen LogP contribution in [0.2, 0.25) is 0 Å². The highest BCUT2D eigenvalue weighted by atomic mass is 16.5. The third kappa shape index (κ3) is 4.51. The fraction of sp³-hybridized carbons (Fsp3) is 0.154. The molecule has 0 saturated heterocycles. The Balaban J connectivity index is 1.79. The van der Waals surface area contributed by atoms with Gasteiger partial charge in [0.1, 0.15) is 29.4 Å². The van der Waals surface area contributed by atoms with E-state index in [1.54, 1.807) is 6.08 Å². The van der Waals surface area contributed by atoms with Gasteiger partial charge in [-0.1, -0.05) is 49.1 Å². The molecule has 4 rings (SSSR count). The van der Waals surface area contributed by atoms with Crippen molar-refractivity contribution in [2.45, 2.75) is 19.9 Å². The first kappa shape index (κ1) is 20.4. The molecule has 0 radical (unpaired) electrons. The second kappa shape index (κ2) is 8.88. The maximum absolute atomic E-state index is 11.2. The van der Waals surface area contributed by atoms with E-state index in [4.69, 9.17) is 4.74 Å². The van der Waals surface area contributed by atoms with Gasteiger partial charge in [-0.05, 0) is 49.7 Å². The van der Waals surface area contributed by atoms with Crippen LogP contribution >= 0.6 is 0 Å². The molecule has 0 unspecified atom stereocenters. The molecule has 5 heteroatoms. The van der Waals surface area contributed by atoms with E-state index in [0.717, 1.165) is 39.5 Å². The number of aromatic nitrogens is 2. The first-order valence-corrected chi connectivity index (χ1v) is 10.2. The zero-order valence-corrected chi connectivity index (χ0v) is 17.7. The van der Waals surface area contributed by atoms with Crippen molar-refractivity contribution in [1.29, 1.82) is 0 Å². The molecular formula is C26H25N3O2. The van der Waals surface area contributed by atoms with Gasteiger partial charge in [-0.3, -0.25) is 0 Å². The molecule has 0 amide bonds. The fourth-order valence-electron chi connectivity index (χ4n) is 3.54. The number of aromatic hydroxyl groups is 1. The monoisotopic (exact) mass is 411 g/mol. The highest BCUT2D eigenvalue weighted by Gasteiger charge is 2.21. The molecule has 2 N–H and O–H groups in total. The SMILES string of the molecule is C=CCOc1ccc([C@H](Nc2cccc(C)n2)c2ccc3ccc(C)nc3c2O)cc1. The van der Waals surface area contributed by atoms with Gasteiger partial charge in [-0.2, -0.15) is 0 Å². The lowest BCUT2D eigenvalue weighted by Gasteiger charge is -2.22. The lowest BCUT2D eigenvalue weighted by molar-refractivity contribution is 0.363. The fourth-order valence-corrected chi connectivity index (χ4v) is 3.54. The van der Waals surface area contributed by atoms with Crippen LogP contribution < -0.4 is 10.1 Å². The summed E-state index contributed by atoms with van der Waals surface area (Å²) in [5.74, 6) is 1.66. The normalized spacial score (nSPS) is 11.8. The number of benzene rings is 2. The van der Waals surface area contributed by atoms with E-state index in [0.29, 0.717) is 12.1 Å². The van der Waals surface area contributed by atoms with E-state index < -0.39 is 0 Å². The Morgan fingerprint density at radius 3 is 2.45 bits per heavy atom. The van der Waals surface area contributed by atoms with E-state index in [1.807, 2.05) is 80.6 Å². The molecule has 0 aliphatic rings. The zero-order valence-electron chi connectivity index (χ0n) is 17.7. The minimum Gasteiger partial charge on any atom is -0.505 e. The van der Waals surface area contributed by atoms with E-state index in [-0.39, 0.29) is 11.8 Å². The molecule has 0 fully saturated rings. The van der Waals surface area contributed by atoms with Crippen LogP contribution in [-0.2, 0) is 0 Å². The summed E-state index contributed by atoms with van der Waals surface area (Å²) < 4.78 is 5.61. The Morgan fingerprint density at radius 1 is 0.968 bits per heavy atom. The Labute approximate surface area is 182 Å². The number of fused-ring (bicyclic) bond motifs is 1. The molecule has 0 spiro atoms. The maximum Gasteiger partial charge on any atom is 0.147 e. The topological polar surface area (TPSA) is 67.3 Å². The number of phenolic OH excluding ortho intramolecular Hbond substituents is 1. The van der Waals surface area contributed by atoms with Crippen molar-refractivity contribution >= 4 is 16.7 Å². The third-order valence-electron chi connectivity index (χ3n) is 5.08. The third-order valence-corrected chi connectivity index (χ3v) is 5.08. The summed E-state index contributed by atoms with van der Waals surface area (Å²) in [5, 5.41) is 15.5. The van der Waals surface area contributed by atoms with Crippen LogP contribution in [0.3, 0.4) is 0 Å². The highest BCUT2D eigenvalue weighted by molar-refractivity contribution is 5.86. The summed E-state index contributed by atoms with van der Waals surface area (Å²) in [7, 11) is 0. The summed E-state index contributed by atoms with van der Waals surface area (Å²) in [6, 6.07) is 21.1. The van der Waals surface area contributed by atoms with Gasteiger partial charge < -0.3 is 15.2 Å². The smallest absolute Gasteiger partial charge is 0.147 e. The van der Waals surface area contributed by atoms with Gasteiger partial charge in [0.05, 0.1) is 6.04 Å². The van der Waals surface area contributed by atoms with Gasteiger partial charge in [-0.25, -0.2) is 9.97 Å². The molecule has 0 aliphatic heterocycles. The van der Waals surface area contributed by atoms with Crippen LogP contribution in [-0.4, -0.2) is 21.7 Å². The number of anilines is 1. The Bertz CT molecular complexity index is 1220. The van der Waals surface area contributed by atoms with Crippen LogP contribution in [0.5, 0.6) is 11.5 Å². The van der Waals surface area contributed by atoms with E-state index >= 15 is 0 Å². The average Bonchev–Trinajstić information content (AvgIpc) is 2.77. The second-order valence-electron chi connectivity index (χ2n) is 7.44. The number of hydrogen-bond acceptors (Lipinski definition) is 5. The molecule has 5 nitrogen and oxygen atoms in total. The number of aryl methyl sites for hydroxylation is 2. The van der Waals surface area contributed by atoms with E-state index in [1.165, 1.54) is 0 Å². The average molecular weight is 412 g/mol. The quantitative estimate of drug-likeness (QED) is 0.381. The van der Waals surface area contributed by atoms with Gasteiger partial charge in [0.15, 0.2) is 0 Å². The predicted octanol–water partition coefficient (Wildman–Crippen LogP) is 5.72. The van der Waals surface area contributed by atoms with Gasteiger partial charge in [0.25, 0.3) is 0 Å². The minimum atomic E-state index is -0.325.